The number of fused-ring (bicyclic) bond motifs is 3. The molecule has 0 saturated carbocycles. The van der Waals surface area contributed by atoms with Gasteiger partial charge in [0.25, 0.3) is 5.91 Å². The number of nitrogens with zero attached hydrogens (tertiary/aromatic N) is 3. The van der Waals surface area contributed by atoms with Gasteiger partial charge in [-0.3, -0.25) is 14.6 Å². The number of ether oxygens (including phenoxy) is 1. The summed E-state index contributed by atoms with van der Waals surface area (Å²) in [6.45, 7) is 1.94. The third-order valence-corrected chi connectivity index (χ3v) is 4.70. The van der Waals surface area contributed by atoms with E-state index in [-0.39, 0.29) is 5.91 Å². The third-order valence-electron chi connectivity index (χ3n) is 4.38. The van der Waals surface area contributed by atoms with E-state index in [9.17, 15) is 4.79 Å². The zero-order valence-corrected chi connectivity index (χ0v) is 15.9. The van der Waals surface area contributed by atoms with E-state index in [0.717, 1.165) is 53.2 Å². The summed E-state index contributed by atoms with van der Waals surface area (Å²) in [5, 5.41) is 16.5. The SMILES string of the molecule is COCCn1cc2c(ccc3c(C(=O)NCCCCCCS)n[nH]c32)n1. The minimum atomic E-state index is -0.142. The summed E-state index contributed by atoms with van der Waals surface area (Å²) in [6.07, 6.45) is 6.30. The quantitative estimate of drug-likeness (QED) is 0.376. The average Bonchev–Trinajstić information content (AvgIpc) is 3.25. The van der Waals surface area contributed by atoms with Crippen LogP contribution in [-0.2, 0) is 11.3 Å². The Bertz CT molecular complexity index is 873. The van der Waals surface area contributed by atoms with Crippen LogP contribution in [0.25, 0.3) is 21.8 Å². The van der Waals surface area contributed by atoms with E-state index in [0.29, 0.717) is 25.4 Å². The van der Waals surface area contributed by atoms with Crippen molar-refractivity contribution in [1.82, 2.24) is 25.3 Å². The maximum absolute atomic E-state index is 12.4. The largest absolute Gasteiger partial charge is 0.383 e. The molecule has 0 aliphatic heterocycles. The highest BCUT2D eigenvalue weighted by Gasteiger charge is 2.16. The van der Waals surface area contributed by atoms with Crippen molar-refractivity contribution in [3.05, 3.63) is 24.0 Å². The second-order valence-electron chi connectivity index (χ2n) is 6.27. The van der Waals surface area contributed by atoms with Gasteiger partial charge in [-0.05, 0) is 30.7 Å². The summed E-state index contributed by atoms with van der Waals surface area (Å²) in [4.78, 5) is 12.4. The van der Waals surface area contributed by atoms with Gasteiger partial charge >= 0.3 is 0 Å². The Labute approximate surface area is 157 Å². The molecule has 0 bridgehead atoms. The molecule has 0 radical (unpaired) electrons. The number of aromatic nitrogens is 4. The molecule has 0 atom stereocenters. The molecule has 0 unspecified atom stereocenters. The molecule has 1 amide bonds. The average molecular weight is 375 g/mol. The number of methoxy groups -OCH3 is 1. The molecule has 1 aromatic carbocycles. The number of H-pyrrole nitrogens is 1. The van der Waals surface area contributed by atoms with Gasteiger partial charge in [-0.1, -0.05) is 12.8 Å². The Kier molecular flexibility index (Phi) is 6.51. The van der Waals surface area contributed by atoms with E-state index in [1.54, 1.807) is 7.11 Å². The van der Waals surface area contributed by atoms with Crippen LogP contribution >= 0.6 is 12.6 Å². The first-order valence-corrected chi connectivity index (χ1v) is 9.60. The summed E-state index contributed by atoms with van der Waals surface area (Å²) >= 11 is 4.20. The van der Waals surface area contributed by atoms with Gasteiger partial charge in [-0.2, -0.15) is 22.8 Å². The predicted molar refractivity (Wildman–Crippen MR) is 106 cm³/mol. The van der Waals surface area contributed by atoms with Crippen molar-refractivity contribution in [1.29, 1.82) is 0 Å². The van der Waals surface area contributed by atoms with E-state index in [1.165, 1.54) is 0 Å². The summed E-state index contributed by atoms with van der Waals surface area (Å²) in [6, 6.07) is 3.82. The molecule has 2 N–H and O–H groups in total. The molecule has 7 nitrogen and oxygen atoms in total. The topological polar surface area (TPSA) is 84.8 Å². The number of nitrogens with one attached hydrogen (secondary N) is 2. The van der Waals surface area contributed by atoms with Crippen LogP contribution in [0, 0.1) is 0 Å². The predicted octanol–water partition coefficient (Wildman–Crippen LogP) is 2.78. The first-order chi connectivity index (χ1) is 12.7. The summed E-state index contributed by atoms with van der Waals surface area (Å²) in [5.41, 5.74) is 2.14. The summed E-state index contributed by atoms with van der Waals surface area (Å²) in [5.74, 6) is 0.777. The molecule has 26 heavy (non-hydrogen) atoms. The molecule has 2 heterocycles. The number of unbranched alkanes of at least 4 members (excludes halogenated alkanes) is 3. The molecule has 0 aliphatic rings. The van der Waals surface area contributed by atoms with Crippen molar-refractivity contribution < 1.29 is 9.53 Å². The van der Waals surface area contributed by atoms with Gasteiger partial charge in [-0.25, -0.2) is 0 Å². The molecule has 140 valence electrons. The number of thiol groups is 1. The first kappa shape index (κ1) is 18.7. The summed E-state index contributed by atoms with van der Waals surface area (Å²) in [7, 11) is 1.67. The van der Waals surface area contributed by atoms with Crippen LogP contribution in [0.2, 0.25) is 0 Å². The minimum absolute atomic E-state index is 0.142. The maximum Gasteiger partial charge on any atom is 0.272 e. The number of aromatic amines is 1. The van der Waals surface area contributed by atoms with E-state index in [4.69, 9.17) is 4.74 Å². The highest BCUT2D eigenvalue weighted by atomic mass is 32.1. The van der Waals surface area contributed by atoms with Crippen LogP contribution in [0.15, 0.2) is 18.3 Å². The van der Waals surface area contributed by atoms with Gasteiger partial charge in [0.15, 0.2) is 5.69 Å². The molecule has 0 aliphatic carbocycles. The first-order valence-electron chi connectivity index (χ1n) is 8.97. The second kappa shape index (κ2) is 9.05. The number of hydrogen-bond acceptors (Lipinski definition) is 5. The van der Waals surface area contributed by atoms with Gasteiger partial charge in [0.05, 0.1) is 24.2 Å². The van der Waals surface area contributed by atoms with E-state index in [2.05, 4.69) is 33.2 Å². The second-order valence-corrected chi connectivity index (χ2v) is 6.72. The van der Waals surface area contributed by atoms with Crippen LogP contribution in [0.4, 0.5) is 0 Å². The van der Waals surface area contributed by atoms with E-state index >= 15 is 0 Å². The number of carbonyl (C=O) groups excluding carboxylic acids is 1. The van der Waals surface area contributed by atoms with Crippen molar-refractivity contribution in [3.8, 4) is 0 Å². The van der Waals surface area contributed by atoms with E-state index < -0.39 is 0 Å². The van der Waals surface area contributed by atoms with Crippen molar-refractivity contribution in [3.63, 3.8) is 0 Å². The lowest BCUT2D eigenvalue weighted by atomic mass is 10.1. The molecule has 0 spiro atoms. The molecule has 0 saturated heterocycles. The standard InChI is InChI=1S/C18H25N5O2S/c1-25-10-9-23-12-14-15(22-23)7-6-13-16(14)20-21-17(13)18(24)19-8-4-2-3-5-11-26/h6-7,12,26H,2-5,8-11H2,1H3,(H,19,24)(H,20,21). The normalized spacial score (nSPS) is 11.5. The Morgan fingerprint density at radius 1 is 1.27 bits per heavy atom. The highest BCUT2D eigenvalue weighted by Crippen LogP contribution is 2.25. The molecule has 0 fully saturated rings. The highest BCUT2D eigenvalue weighted by molar-refractivity contribution is 7.80. The van der Waals surface area contributed by atoms with Crippen LogP contribution in [0.5, 0.6) is 0 Å². The van der Waals surface area contributed by atoms with Crippen LogP contribution in [0.3, 0.4) is 0 Å². The third kappa shape index (κ3) is 4.19. The Hall–Kier alpha value is -2.06. The number of carbonyl (C=O) groups is 1. The fraction of sp³-hybridized carbons (Fsp3) is 0.500. The number of hydrogen-bond donors (Lipinski definition) is 3. The molecular weight excluding hydrogens is 350 g/mol. The lowest BCUT2D eigenvalue weighted by molar-refractivity contribution is 0.0949. The van der Waals surface area contributed by atoms with Gasteiger partial charge < -0.3 is 10.1 Å². The number of rotatable bonds is 10. The van der Waals surface area contributed by atoms with Gasteiger partial charge in [0.2, 0.25) is 0 Å². The maximum atomic E-state index is 12.4. The Morgan fingerprint density at radius 2 is 2.12 bits per heavy atom. The lowest BCUT2D eigenvalue weighted by Crippen LogP contribution is -2.25. The molecular formula is C18H25N5O2S. The monoisotopic (exact) mass is 375 g/mol. The summed E-state index contributed by atoms with van der Waals surface area (Å²) < 4.78 is 6.94. The number of benzene rings is 1. The zero-order valence-electron chi connectivity index (χ0n) is 15.0. The van der Waals surface area contributed by atoms with Crippen molar-refractivity contribution in [2.75, 3.05) is 26.0 Å². The van der Waals surface area contributed by atoms with Crippen LogP contribution < -0.4 is 5.32 Å². The number of amides is 1. The van der Waals surface area contributed by atoms with E-state index in [1.807, 2.05) is 23.0 Å². The zero-order chi connectivity index (χ0) is 18.4. The van der Waals surface area contributed by atoms with Crippen molar-refractivity contribution in [2.24, 2.45) is 0 Å². The molecule has 3 aromatic rings. The van der Waals surface area contributed by atoms with Gasteiger partial charge in [0, 0.05) is 30.6 Å². The minimum Gasteiger partial charge on any atom is -0.383 e. The molecule has 8 heteroatoms. The fourth-order valence-electron chi connectivity index (χ4n) is 2.98. The van der Waals surface area contributed by atoms with Gasteiger partial charge in [-0.15, -0.1) is 0 Å². The van der Waals surface area contributed by atoms with Crippen molar-refractivity contribution in [2.45, 2.75) is 32.2 Å². The molecule has 3 rings (SSSR count). The van der Waals surface area contributed by atoms with Crippen molar-refractivity contribution >= 4 is 40.3 Å². The molecule has 2 aromatic heterocycles. The Balaban J connectivity index is 1.70. The van der Waals surface area contributed by atoms with Crippen LogP contribution in [0.1, 0.15) is 36.2 Å². The Morgan fingerprint density at radius 3 is 2.92 bits per heavy atom. The smallest absolute Gasteiger partial charge is 0.272 e. The van der Waals surface area contributed by atoms with Crippen LogP contribution in [-0.4, -0.2) is 51.9 Å². The fourth-order valence-corrected chi connectivity index (χ4v) is 3.20. The lowest BCUT2D eigenvalue weighted by Gasteiger charge is -2.03. The van der Waals surface area contributed by atoms with Gasteiger partial charge in [0.1, 0.15) is 0 Å².